The number of carbonyl (C=O) groups is 2. The van der Waals surface area contributed by atoms with Gasteiger partial charge in [-0.1, -0.05) is 30.3 Å². The van der Waals surface area contributed by atoms with Gasteiger partial charge in [0.25, 0.3) is 5.91 Å². The first-order valence-electron chi connectivity index (χ1n) is 13.0. The highest BCUT2D eigenvalue weighted by molar-refractivity contribution is 6.10. The molecule has 3 aromatic carbocycles. The molecule has 206 valence electrons. The zero-order chi connectivity index (χ0) is 28.4. The lowest BCUT2D eigenvalue weighted by Crippen LogP contribution is -2.37. The van der Waals surface area contributed by atoms with E-state index >= 15 is 0 Å². The summed E-state index contributed by atoms with van der Waals surface area (Å²) in [4.78, 5) is 27.7. The van der Waals surface area contributed by atoms with Gasteiger partial charge in [-0.05, 0) is 66.8 Å². The maximum atomic E-state index is 13.9. The largest absolute Gasteiger partial charge is 0.508 e. The fraction of sp³-hybridized carbons (Fsp3) is 0.250. The van der Waals surface area contributed by atoms with Crippen molar-refractivity contribution < 1.29 is 28.9 Å². The van der Waals surface area contributed by atoms with Gasteiger partial charge in [-0.2, -0.15) is 0 Å². The van der Waals surface area contributed by atoms with Crippen molar-refractivity contribution >= 4 is 17.4 Å². The van der Waals surface area contributed by atoms with E-state index in [1.807, 2.05) is 37.3 Å². The second kappa shape index (κ2) is 11.2. The summed E-state index contributed by atoms with van der Waals surface area (Å²) in [5, 5.41) is 16.3. The summed E-state index contributed by atoms with van der Waals surface area (Å²) >= 11 is 0. The van der Waals surface area contributed by atoms with E-state index in [-0.39, 0.29) is 29.8 Å². The molecule has 1 heterocycles. The molecule has 8 heteroatoms. The predicted molar refractivity (Wildman–Crippen MR) is 152 cm³/mol. The second-order valence-corrected chi connectivity index (χ2v) is 9.88. The van der Waals surface area contributed by atoms with Gasteiger partial charge in [0.2, 0.25) is 0 Å². The average Bonchev–Trinajstić information content (AvgIpc) is 2.96. The Hall–Kier alpha value is -4.72. The van der Waals surface area contributed by atoms with E-state index in [4.69, 9.17) is 14.2 Å². The van der Waals surface area contributed by atoms with Gasteiger partial charge in [0.05, 0.1) is 27.0 Å². The molecule has 1 aliphatic carbocycles. The minimum atomic E-state index is -0.606. The van der Waals surface area contributed by atoms with Crippen molar-refractivity contribution in [2.24, 2.45) is 0 Å². The third-order valence-electron chi connectivity index (χ3n) is 7.53. The Morgan fingerprint density at radius 1 is 0.875 bits per heavy atom. The molecule has 5 rings (SSSR count). The molecule has 40 heavy (non-hydrogen) atoms. The standard InChI is InChI=1S/C32H32N2O6/c1-18-29(32(37)34-23-7-5-6-8-26(23)38-2)30(19-9-12-22(35)13-10-19)31-24(33-18)15-21(16-25(31)36)20-11-14-27(39-3)28(17-20)40-4/h5-14,17,21,30,33,35H,15-16H2,1-4H3,(H,34,37)/t21-,30+/m1/s1. The number of carbonyl (C=O) groups excluding carboxylic acids is 2. The highest BCUT2D eigenvalue weighted by atomic mass is 16.5. The number of hydrogen-bond acceptors (Lipinski definition) is 7. The maximum Gasteiger partial charge on any atom is 0.254 e. The highest BCUT2D eigenvalue weighted by Crippen LogP contribution is 2.46. The fourth-order valence-corrected chi connectivity index (χ4v) is 5.62. The molecule has 0 bridgehead atoms. The van der Waals surface area contributed by atoms with E-state index in [9.17, 15) is 14.7 Å². The second-order valence-electron chi connectivity index (χ2n) is 9.88. The quantitative estimate of drug-likeness (QED) is 0.368. The third-order valence-corrected chi connectivity index (χ3v) is 7.53. The number of para-hydroxylation sites is 2. The number of benzene rings is 3. The van der Waals surface area contributed by atoms with Gasteiger partial charge in [-0.25, -0.2) is 0 Å². The molecule has 0 spiro atoms. The van der Waals surface area contributed by atoms with Crippen LogP contribution in [-0.4, -0.2) is 38.1 Å². The topological polar surface area (TPSA) is 106 Å². The Labute approximate surface area is 233 Å². The number of amides is 1. The first kappa shape index (κ1) is 26.9. The summed E-state index contributed by atoms with van der Waals surface area (Å²) in [5.74, 6) is 0.816. The number of Topliss-reactive ketones (excluding diaryl/α,β-unsaturated/α-hetero) is 1. The predicted octanol–water partition coefficient (Wildman–Crippen LogP) is 5.42. The fourth-order valence-electron chi connectivity index (χ4n) is 5.62. The Morgan fingerprint density at radius 3 is 2.25 bits per heavy atom. The van der Waals surface area contributed by atoms with Crippen LogP contribution in [0.5, 0.6) is 23.0 Å². The summed E-state index contributed by atoms with van der Waals surface area (Å²) in [7, 11) is 4.72. The van der Waals surface area contributed by atoms with E-state index < -0.39 is 5.92 Å². The number of ketones is 1. The van der Waals surface area contributed by atoms with Crippen molar-refractivity contribution in [3.8, 4) is 23.0 Å². The molecule has 0 unspecified atom stereocenters. The van der Waals surface area contributed by atoms with E-state index in [0.717, 1.165) is 16.8 Å². The molecular weight excluding hydrogens is 508 g/mol. The number of phenolic OH excluding ortho intramolecular Hbond substituents is 1. The van der Waals surface area contributed by atoms with Crippen LogP contribution in [0.15, 0.2) is 89.3 Å². The molecule has 0 saturated heterocycles. The molecular formula is C32H32N2O6. The number of methoxy groups -OCH3 is 3. The molecule has 3 N–H and O–H groups in total. The average molecular weight is 541 g/mol. The van der Waals surface area contributed by atoms with Crippen LogP contribution in [0.3, 0.4) is 0 Å². The Kier molecular flexibility index (Phi) is 7.51. The summed E-state index contributed by atoms with van der Waals surface area (Å²) in [5.41, 5.74) is 4.70. The number of dihydropyridines is 1. The minimum absolute atomic E-state index is 0.0401. The molecule has 2 aliphatic rings. The number of rotatable bonds is 7. The number of allylic oxidation sites excluding steroid dienone is 3. The molecule has 8 nitrogen and oxygen atoms in total. The van der Waals surface area contributed by atoms with Gasteiger partial charge in [0.1, 0.15) is 11.5 Å². The maximum absolute atomic E-state index is 13.9. The summed E-state index contributed by atoms with van der Waals surface area (Å²) in [6, 6.07) is 19.6. The normalized spacial score (nSPS) is 18.6. The van der Waals surface area contributed by atoms with Gasteiger partial charge >= 0.3 is 0 Å². The Balaban J connectivity index is 1.54. The first-order chi connectivity index (χ1) is 19.3. The van der Waals surface area contributed by atoms with E-state index in [0.29, 0.717) is 46.2 Å². The number of anilines is 1. The molecule has 1 aliphatic heterocycles. The van der Waals surface area contributed by atoms with Crippen molar-refractivity contribution in [2.75, 3.05) is 26.6 Å². The minimum Gasteiger partial charge on any atom is -0.508 e. The van der Waals surface area contributed by atoms with E-state index in [1.54, 1.807) is 57.7 Å². The summed E-state index contributed by atoms with van der Waals surface area (Å²) in [6.45, 7) is 1.85. The lowest BCUT2D eigenvalue weighted by Gasteiger charge is -2.37. The zero-order valence-electron chi connectivity index (χ0n) is 22.9. The lowest BCUT2D eigenvalue weighted by atomic mass is 9.71. The van der Waals surface area contributed by atoms with Crippen molar-refractivity contribution in [3.05, 3.63) is 100 Å². The molecule has 0 fully saturated rings. The number of aromatic hydroxyl groups is 1. The van der Waals surface area contributed by atoms with Crippen LogP contribution < -0.4 is 24.8 Å². The first-order valence-corrected chi connectivity index (χ1v) is 13.0. The molecule has 0 saturated carbocycles. The Bertz CT molecular complexity index is 1520. The van der Waals surface area contributed by atoms with Crippen LogP contribution in [0.25, 0.3) is 0 Å². The SMILES string of the molecule is COc1ccccc1NC(=O)C1=C(C)NC2=C(C(=O)C[C@H](c3ccc(OC)c(OC)c3)C2)[C@H]1c1ccc(O)cc1. The number of ether oxygens (including phenoxy) is 3. The van der Waals surface area contributed by atoms with E-state index in [2.05, 4.69) is 10.6 Å². The Morgan fingerprint density at radius 2 is 1.55 bits per heavy atom. The van der Waals surface area contributed by atoms with Crippen LogP contribution in [0.4, 0.5) is 5.69 Å². The summed E-state index contributed by atoms with van der Waals surface area (Å²) in [6.07, 6.45) is 0.870. The molecule has 0 aromatic heterocycles. The number of phenols is 1. The van der Waals surface area contributed by atoms with Crippen LogP contribution in [0, 0.1) is 0 Å². The molecule has 2 atom stereocenters. The van der Waals surface area contributed by atoms with Crippen molar-refractivity contribution in [1.82, 2.24) is 5.32 Å². The van der Waals surface area contributed by atoms with Crippen molar-refractivity contribution in [1.29, 1.82) is 0 Å². The van der Waals surface area contributed by atoms with Crippen LogP contribution in [-0.2, 0) is 9.59 Å². The van der Waals surface area contributed by atoms with Crippen LogP contribution in [0.2, 0.25) is 0 Å². The van der Waals surface area contributed by atoms with Gasteiger partial charge in [-0.3, -0.25) is 9.59 Å². The zero-order valence-corrected chi connectivity index (χ0v) is 22.9. The van der Waals surface area contributed by atoms with Gasteiger partial charge in [-0.15, -0.1) is 0 Å². The van der Waals surface area contributed by atoms with Gasteiger partial charge in [0, 0.05) is 34.9 Å². The molecule has 1 amide bonds. The smallest absolute Gasteiger partial charge is 0.254 e. The monoisotopic (exact) mass is 540 g/mol. The van der Waals surface area contributed by atoms with Crippen LogP contribution in [0.1, 0.15) is 42.7 Å². The van der Waals surface area contributed by atoms with Crippen LogP contribution >= 0.6 is 0 Å². The molecule has 0 radical (unpaired) electrons. The van der Waals surface area contributed by atoms with Gasteiger partial charge < -0.3 is 30.0 Å². The lowest BCUT2D eigenvalue weighted by molar-refractivity contribution is -0.116. The third kappa shape index (κ3) is 5.00. The van der Waals surface area contributed by atoms with E-state index in [1.165, 1.54) is 0 Å². The highest BCUT2D eigenvalue weighted by Gasteiger charge is 2.41. The van der Waals surface area contributed by atoms with Crippen molar-refractivity contribution in [2.45, 2.75) is 31.6 Å². The van der Waals surface area contributed by atoms with Crippen molar-refractivity contribution in [3.63, 3.8) is 0 Å². The number of nitrogens with one attached hydrogen (secondary N) is 2. The summed E-state index contributed by atoms with van der Waals surface area (Å²) < 4.78 is 16.3. The number of hydrogen-bond donors (Lipinski definition) is 3. The van der Waals surface area contributed by atoms with Gasteiger partial charge in [0.15, 0.2) is 17.3 Å². The molecule has 3 aromatic rings.